The van der Waals surface area contributed by atoms with Gasteiger partial charge < -0.3 is 5.32 Å². The van der Waals surface area contributed by atoms with Crippen molar-refractivity contribution in [3.63, 3.8) is 0 Å². The Morgan fingerprint density at radius 1 is 1.13 bits per heavy atom. The van der Waals surface area contributed by atoms with Gasteiger partial charge in [-0.2, -0.15) is 0 Å². The van der Waals surface area contributed by atoms with E-state index in [-0.39, 0.29) is 17.6 Å². The number of sulfonamides is 1. The maximum absolute atomic E-state index is 13.5. The van der Waals surface area contributed by atoms with Gasteiger partial charge in [0.2, 0.25) is 10.0 Å². The minimum atomic E-state index is -3.25. The fraction of sp³-hybridized carbons (Fsp3) is 0.625. The molecule has 0 saturated heterocycles. The zero-order valence-corrected chi connectivity index (χ0v) is 14.3. The van der Waals surface area contributed by atoms with Crippen LogP contribution in [-0.4, -0.2) is 26.3 Å². The van der Waals surface area contributed by atoms with Gasteiger partial charge >= 0.3 is 0 Å². The minimum Gasteiger partial charge on any atom is -0.380 e. The van der Waals surface area contributed by atoms with Crippen molar-refractivity contribution in [1.29, 1.82) is 0 Å². The Morgan fingerprint density at radius 3 is 2.22 bits per heavy atom. The fourth-order valence-electron chi connectivity index (χ4n) is 2.77. The molecule has 1 aromatic carbocycles. The molecule has 0 atom stereocenters. The number of rotatable bonds is 6. The van der Waals surface area contributed by atoms with Crippen molar-refractivity contribution in [2.45, 2.75) is 50.8 Å². The maximum Gasteiger partial charge on any atom is 0.214 e. The number of hydrogen-bond acceptors (Lipinski definition) is 3. The molecule has 4 nitrogen and oxygen atoms in total. The Bertz CT molecular complexity index is 607. The Kier molecular flexibility index (Phi) is 5.97. The third-order valence-electron chi connectivity index (χ3n) is 4.33. The smallest absolute Gasteiger partial charge is 0.214 e. The summed E-state index contributed by atoms with van der Waals surface area (Å²) in [5, 5.41) is 2.40. The molecule has 1 fully saturated rings. The normalized spacial score (nSPS) is 22.3. The first kappa shape index (κ1) is 18.1. The number of nitrogens with one attached hydrogen (secondary N) is 2. The van der Waals surface area contributed by atoms with Crippen molar-refractivity contribution in [3.05, 3.63) is 29.8 Å². The Morgan fingerprint density at radius 2 is 1.70 bits per heavy atom. The molecule has 0 aliphatic heterocycles. The molecule has 23 heavy (non-hydrogen) atoms. The van der Waals surface area contributed by atoms with Crippen LogP contribution in [0.4, 0.5) is 14.5 Å². The van der Waals surface area contributed by atoms with Gasteiger partial charge in [0.15, 0.2) is 0 Å². The summed E-state index contributed by atoms with van der Waals surface area (Å²) in [6.07, 6.45) is 3.15. The van der Waals surface area contributed by atoms with Gasteiger partial charge in [-0.05, 0) is 57.6 Å². The molecule has 0 radical (unpaired) electrons. The predicted octanol–water partition coefficient (Wildman–Crippen LogP) is 3.26. The van der Waals surface area contributed by atoms with E-state index in [2.05, 4.69) is 10.0 Å². The number of benzene rings is 1. The number of halogens is 2. The monoisotopic (exact) mass is 346 g/mol. The average Bonchev–Trinajstić information content (AvgIpc) is 2.48. The summed E-state index contributed by atoms with van der Waals surface area (Å²) in [6, 6.07) is 3.75. The highest BCUT2D eigenvalue weighted by Crippen LogP contribution is 2.26. The van der Waals surface area contributed by atoms with E-state index in [4.69, 9.17) is 0 Å². The van der Waals surface area contributed by atoms with Crippen LogP contribution in [0.25, 0.3) is 0 Å². The van der Waals surface area contributed by atoms with Crippen molar-refractivity contribution in [1.82, 2.24) is 4.72 Å². The Labute approximate surface area is 136 Å². The highest BCUT2D eigenvalue weighted by Gasteiger charge is 2.26. The number of anilines is 1. The first-order chi connectivity index (χ1) is 10.8. The van der Waals surface area contributed by atoms with E-state index >= 15 is 0 Å². The molecule has 1 aliphatic carbocycles. The summed E-state index contributed by atoms with van der Waals surface area (Å²) in [5.41, 5.74) is -0.0878. The second-order valence-corrected chi connectivity index (χ2v) is 8.68. The first-order valence-electron chi connectivity index (χ1n) is 7.98. The molecule has 130 valence electrons. The first-order valence-corrected chi connectivity index (χ1v) is 9.53. The fourth-order valence-corrected chi connectivity index (χ4v) is 3.74. The molecule has 7 heteroatoms. The molecule has 0 aromatic heterocycles. The lowest BCUT2D eigenvalue weighted by Crippen LogP contribution is -2.41. The van der Waals surface area contributed by atoms with Crippen LogP contribution in [0.3, 0.4) is 0 Å². The van der Waals surface area contributed by atoms with E-state index in [1.165, 1.54) is 18.2 Å². The maximum atomic E-state index is 13.5. The predicted molar refractivity (Wildman–Crippen MR) is 87.8 cm³/mol. The van der Waals surface area contributed by atoms with Crippen molar-refractivity contribution < 1.29 is 17.2 Å². The van der Waals surface area contributed by atoms with Crippen molar-refractivity contribution in [3.8, 4) is 0 Å². The van der Waals surface area contributed by atoms with Crippen LogP contribution in [0.1, 0.15) is 39.5 Å². The largest absolute Gasteiger partial charge is 0.380 e. The molecule has 2 rings (SSSR count). The Balaban J connectivity index is 1.81. The molecule has 0 unspecified atom stereocenters. The molecule has 1 aromatic rings. The van der Waals surface area contributed by atoms with Crippen LogP contribution >= 0.6 is 0 Å². The summed E-state index contributed by atoms with van der Waals surface area (Å²) in [4.78, 5) is 0. The topological polar surface area (TPSA) is 58.2 Å². The van der Waals surface area contributed by atoms with Crippen LogP contribution < -0.4 is 10.0 Å². The molecule has 0 spiro atoms. The SMILES string of the molecule is CC(C)S(=O)(=O)N[C@H]1CC[C@H](CNc2c(F)cccc2F)CC1. The molecule has 0 amide bonds. The lowest BCUT2D eigenvalue weighted by Gasteiger charge is -2.29. The molecule has 0 bridgehead atoms. The summed E-state index contributed by atoms with van der Waals surface area (Å²) in [7, 11) is -3.25. The van der Waals surface area contributed by atoms with E-state index in [1.807, 2.05) is 0 Å². The van der Waals surface area contributed by atoms with E-state index in [9.17, 15) is 17.2 Å². The molecule has 2 N–H and O–H groups in total. The lowest BCUT2D eigenvalue weighted by molar-refractivity contribution is 0.323. The number of hydrogen-bond donors (Lipinski definition) is 2. The summed E-state index contributed by atoms with van der Waals surface area (Å²) >= 11 is 0. The summed E-state index contributed by atoms with van der Waals surface area (Å²) in [6.45, 7) is 3.79. The van der Waals surface area contributed by atoms with Crippen molar-refractivity contribution in [2.75, 3.05) is 11.9 Å². The highest BCUT2D eigenvalue weighted by atomic mass is 32.2. The van der Waals surface area contributed by atoms with Gasteiger partial charge in [-0.15, -0.1) is 0 Å². The zero-order chi connectivity index (χ0) is 17.0. The Hall–Kier alpha value is -1.21. The molecule has 1 aliphatic rings. The molecule has 1 saturated carbocycles. The standard InChI is InChI=1S/C16H24F2N2O2S/c1-11(2)23(21,22)20-13-8-6-12(7-9-13)10-19-16-14(17)4-3-5-15(16)18/h3-5,11-13,19-20H,6-10H2,1-2H3/t12-,13-. The second kappa shape index (κ2) is 7.57. The van der Waals surface area contributed by atoms with Gasteiger partial charge in [-0.25, -0.2) is 21.9 Å². The van der Waals surface area contributed by atoms with Gasteiger partial charge in [0, 0.05) is 12.6 Å². The highest BCUT2D eigenvalue weighted by molar-refractivity contribution is 7.90. The van der Waals surface area contributed by atoms with Crippen LogP contribution in [0.15, 0.2) is 18.2 Å². The van der Waals surface area contributed by atoms with E-state index < -0.39 is 26.9 Å². The van der Waals surface area contributed by atoms with E-state index in [0.29, 0.717) is 6.54 Å². The average molecular weight is 346 g/mol. The van der Waals surface area contributed by atoms with Crippen LogP contribution in [0, 0.1) is 17.6 Å². The van der Waals surface area contributed by atoms with Gasteiger partial charge in [0.05, 0.1) is 5.25 Å². The van der Waals surface area contributed by atoms with Gasteiger partial charge in [-0.3, -0.25) is 0 Å². The third-order valence-corrected chi connectivity index (χ3v) is 6.23. The summed E-state index contributed by atoms with van der Waals surface area (Å²) < 4.78 is 53.6. The molecular formula is C16H24F2N2O2S. The molecular weight excluding hydrogens is 322 g/mol. The van der Waals surface area contributed by atoms with Gasteiger partial charge in [0.25, 0.3) is 0 Å². The van der Waals surface area contributed by atoms with Gasteiger partial charge in [-0.1, -0.05) is 6.07 Å². The van der Waals surface area contributed by atoms with Crippen LogP contribution in [0.5, 0.6) is 0 Å². The number of para-hydroxylation sites is 1. The van der Waals surface area contributed by atoms with Crippen LogP contribution in [-0.2, 0) is 10.0 Å². The third kappa shape index (κ3) is 4.88. The minimum absolute atomic E-state index is 0.0381. The quantitative estimate of drug-likeness (QED) is 0.831. The molecule has 0 heterocycles. The zero-order valence-electron chi connectivity index (χ0n) is 13.5. The van der Waals surface area contributed by atoms with Crippen LogP contribution in [0.2, 0.25) is 0 Å². The van der Waals surface area contributed by atoms with E-state index in [0.717, 1.165) is 25.7 Å². The van der Waals surface area contributed by atoms with Gasteiger partial charge in [0.1, 0.15) is 17.3 Å². The van der Waals surface area contributed by atoms with E-state index in [1.54, 1.807) is 13.8 Å². The lowest BCUT2D eigenvalue weighted by atomic mass is 9.86. The van der Waals surface area contributed by atoms with Crippen molar-refractivity contribution in [2.24, 2.45) is 5.92 Å². The second-order valence-electron chi connectivity index (χ2n) is 6.41. The summed E-state index contributed by atoms with van der Waals surface area (Å²) in [5.74, 6) is -0.902. The van der Waals surface area contributed by atoms with Crippen molar-refractivity contribution >= 4 is 15.7 Å².